The third kappa shape index (κ3) is 5.05. The minimum atomic E-state index is -3.79. The highest BCUT2D eigenvalue weighted by molar-refractivity contribution is 7.94. The van der Waals surface area contributed by atoms with E-state index in [0.717, 1.165) is 6.08 Å². The molecule has 0 radical (unpaired) electrons. The first-order valence-electron chi connectivity index (χ1n) is 8.49. The molecule has 26 heavy (non-hydrogen) atoms. The Morgan fingerprint density at radius 1 is 1.23 bits per heavy atom. The topological polar surface area (TPSA) is 125 Å². The summed E-state index contributed by atoms with van der Waals surface area (Å²) in [5.41, 5.74) is 5.54. The molecule has 2 amide bonds. The number of sulfone groups is 1. The lowest BCUT2D eigenvalue weighted by atomic mass is 9.90. The first-order chi connectivity index (χ1) is 11.9. The van der Waals surface area contributed by atoms with Gasteiger partial charge in [-0.05, 0) is 26.7 Å². The Hall–Kier alpha value is -1.45. The number of carbonyl (C=O) groups excluding carboxylic acids is 2. The number of methoxy groups -OCH3 is 1. The van der Waals surface area contributed by atoms with Gasteiger partial charge in [-0.15, -0.1) is 0 Å². The van der Waals surface area contributed by atoms with Crippen LogP contribution in [0.1, 0.15) is 40.5 Å². The quantitative estimate of drug-likeness (QED) is 0.607. The van der Waals surface area contributed by atoms with Crippen molar-refractivity contribution in [1.29, 1.82) is 0 Å². The highest BCUT2D eigenvalue weighted by atomic mass is 32.2. The second kappa shape index (κ2) is 8.49. The van der Waals surface area contributed by atoms with Gasteiger partial charge in [0, 0.05) is 37.5 Å². The lowest BCUT2D eigenvalue weighted by Gasteiger charge is -2.30. The standard InChI is InChI=1S/C17H30N2O6S/c1-16(2,11-24-5)13(18)10-14(20)19-15(21)17(3,4)26(22,23)12-6-8-25-9-7-12/h10,12H,6-9,11,18H2,1-5H3,(H,19,20,21). The van der Waals surface area contributed by atoms with E-state index in [-0.39, 0.29) is 5.70 Å². The van der Waals surface area contributed by atoms with Crippen molar-refractivity contribution in [3.05, 3.63) is 11.8 Å². The summed E-state index contributed by atoms with van der Waals surface area (Å²) >= 11 is 0. The second-order valence-electron chi connectivity index (χ2n) is 7.60. The highest BCUT2D eigenvalue weighted by Gasteiger charge is 2.47. The molecular formula is C17H30N2O6S. The lowest BCUT2D eigenvalue weighted by Crippen LogP contribution is -2.53. The first kappa shape index (κ1) is 22.6. The van der Waals surface area contributed by atoms with Crippen molar-refractivity contribution in [3.63, 3.8) is 0 Å². The second-order valence-corrected chi connectivity index (χ2v) is 10.4. The van der Waals surface area contributed by atoms with Crippen LogP contribution in [0.3, 0.4) is 0 Å². The normalized spacial score (nSPS) is 17.8. The minimum absolute atomic E-state index is 0.231. The van der Waals surface area contributed by atoms with E-state index in [4.69, 9.17) is 15.2 Å². The highest BCUT2D eigenvalue weighted by Crippen LogP contribution is 2.28. The average Bonchev–Trinajstić information content (AvgIpc) is 2.55. The van der Waals surface area contributed by atoms with E-state index in [1.165, 1.54) is 21.0 Å². The van der Waals surface area contributed by atoms with E-state index in [9.17, 15) is 18.0 Å². The molecule has 1 aliphatic rings. The fourth-order valence-corrected chi connectivity index (χ4v) is 4.57. The predicted molar refractivity (Wildman–Crippen MR) is 97.9 cm³/mol. The maximum absolute atomic E-state index is 12.8. The molecule has 0 aliphatic carbocycles. The fraction of sp³-hybridized carbons (Fsp3) is 0.765. The molecule has 0 spiro atoms. The zero-order valence-electron chi connectivity index (χ0n) is 16.1. The van der Waals surface area contributed by atoms with Crippen molar-refractivity contribution < 1.29 is 27.5 Å². The Morgan fingerprint density at radius 3 is 2.27 bits per heavy atom. The van der Waals surface area contributed by atoms with Gasteiger partial charge in [-0.1, -0.05) is 13.8 Å². The molecule has 0 unspecified atom stereocenters. The molecule has 0 bridgehead atoms. The summed E-state index contributed by atoms with van der Waals surface area (Å²) in [6.45, 7) is 7.17. The van der Waals surface area contributed by atoms with Crippen LogP contribution in [0, 0.1) is 5.41 Å². The van der Waals surface area contributed by atoms with Crippen LogP contribution in [-0.4, -0.2) is 57.2 Å². The van der Waals surface area contributed by atoms with Crippen molar-refractivity contribution in [2.24, 2.45) is 11.1 Å². The summed E-state index contributed by atoms with van der Waals surface area (Å²) in [6.07, 6.45) is 1.77. The van der Waals surface area contributed by atoms with Crippen molar-refractivity contribution in [2.45, 2.75) is 50.5 Å². The molecule has 150 valence electrons. The van der Waals surface area contributed by atoms with Crippen LogP contribution < -0.4 is 11.1 Å². The molecule has 1 aliphatic heterocycles. The summed E-state index contributed by atoms with van der Waals surface area (Å²) in [5.74, 6) is -1.63. The summed E-state index contributed by atoms with van der Waals surface area (Å²) in [6, 6.07) is 0. The SMILES string of the molecule is COCC(C)(C)C(N)=CC(=O)NC(=O)C(C)(C)S(=O)(=O)C1CCOCC1. The fourth-order valence-electron chi connectivity index (χ4n) is 2.61. The number of nitrogens with one attached hydrogen (secondary N) is 1. The summed E-state index contributed by atoms with van der Waals surface area (Å²) in [7, 11) is -2.27. The van der Waals surface area contributed by atoms with E-state index < -0.39 is 37.1 Å². The van der Waals surface area contributed by atoms with Crippen LogP contribution in [0.2, 0.25) is 0 Å². The van der Waals surface area contributed by atoms with E-state index in [2.05, 4.69) is 5.32 Å². The third-order valence-corrected chi connectivity index (χ3v) is 7.63. The molecule has 1 fully saturated rings. The van der Waals surface area contributed by atoms with Gasteiger partial charge < -0.3 is 15.2 Å². The Morgan fingerprint density at radius 2 is 1.77 bits per heavy atom. The summed E-state index contributed by atoms with van der Waals surface area (Å²) in [5, 5.41) is 1.47. The number of ether oxygens (including phenoxy) is 2. The number of hydrogen-bond donors (Lipinski definition) is 2. The van der Waals surface area contributed by atoms with E-state index in [1.807, 2.05) is 0 Å². The van der Waals surface area contributed by atoms with Crippen molar-refractivity contribution in [3.8, 4) is 0 Å². The van der Waals surface area contributed by atoms with Gasteiger partial charge in [0.25, 0.3) is 5.91 Å². The summed E-state index contributed by atoms with van der Waals surface area (Å²) in [4.78, 5) is 24.6. The van der Waals surface area contributed by atoms with Gasteiger partial charge in [-0.3, -0.25) is 14.9 Å². The Balaban J connectivity index is 2.89. The Labute approximate surface area is 155 Å². The molecule has 0 aromatic rings. The molecule has 0 atom stereocenters. The maximum Gasteiger partial charge on any atom is 0.252 e. The van der Waals surface area contributed by atoms with Crippen molar-refractivity contribution >= 4 is 21.7 Å². The Kier molecular flexibility index (Phi) is 7.38. The zero-order valence-corrected chi connectivity index (χ0v) is 16.9. The van der Waals surface area contributed by atoms with Crippen LogP contribution in [0.5, 0.6) is 0 Å². The molecule has 1 rings (SSSR count). The predicted octanol–water partition coefficient (Wildman–Crippen LogP) is 0.517. The monoisotopic (exact) mass is 390 g/mol. The number of carbonyl (C=O) groups is 2. The molecule has 1 saturated heterocycles. The van der Waals surface area contributed by atoms with Crippen LogP contribution in [0.4, 0.5) is 0 Å². The third-order valence-electron chi connectivity index (χ3n) is 4.68. The Bertz CT molecular complexity index is 661. The largest absolute Gasteiger partial charge is 0.401 e. The molecular weight excluding hydrogens is 360 g/mol. The van der Waals surface area contributed by atoms with Crippen molar-refractivity contribution in [1.82, 2.24) is 5.32 Å². The van der Waals surface area contributed by atoms with Gasteiger partial charge in [0.15, 0.2) is 9.84 Å². The molecule has 0 aromatic heterocycles. The minimum Gasteiger partial charge on any atom is -0.401 e. The van der Waals surface area contributed by atoms with Crippen LogP contribution in [-0.2, 0) is 28.9 Å². The smallest absolute Gasteiger partial charge is 0.252 e. The van der Waals surface area contributed by atoms with E-state index in [0.29, 0.717) is 32.7 Å². The number of nitrogens with two attached hydrogens (primary N) is 1. The summed E-state index contributed by atoms with van der Waals surface area (Å²) < 4.78 is 34.1. The lowest BCUT2D eigenvalue weighted by molar-refractivity contribution is -0.129. The van der Waals surface area contributed by atoms with Gasteiger partial charge >= 0.3 is 0 Å². The first-order valence-corrected chi connectivity index (χ1v) is 10.0. The van der Waals surface area contributed by atoms with Gasteiger partial charge in [0.1, 0.15) is 4.75 Å². The van der Waals surface area contributed by atoms with Gasteiger partial charge in [0.05, 0.1) is 11.9 Å². The van der Waals surface area contributed by atoms with E-state index in [1.54, 1.807) is 13.8 Å². The number of imide groups is 1. The number of hydrogen-bond acceptors (Lipinski definition) is 7. The number of rotatable bonds is 7. The van der Waals surface area contributed by atoms with Gasteiger partial charge in [0.2, 0.25) is 5.91 Å². The molecule has 0 saturated carbocycles. The van der Waals surface area contributed by atoms with Crippen LogP contribution >= 0.6 is 0 Å². The molecule has 9 heteroatoms. The van der Waals surface area contributed by atoms with Gasteiger partial charge in [-0.2, -0.15) is 0 Å². The molecule has 1 heterocycles. The van der Waals surface area contributed by atoms with Crippen LogP contribution in [0.25, 0.3) is 0 Å². The molecule has 3 N–H and O–H groups in total. The average molecular weight is 391 g/mol. The van der Waals surface area contributed by atoms with E-state index >= 15 is 0 Å². The molecule has 8 nitrogen and oxygen atoms in total. The van der Waals surface area contributed by atoms with Crippen LogP contribution in [0.15, 0.2) is 11.8 Å². The maximum atomic E-state index is 12.8. The molecule has 0 aromatic carbocycles. The zero-order chi connectivity index (χ0) is 20.2. The van der Waals surface area contributed by atoms with Crippen molar-refractivity contribution in [2.75, 3.05) is 26.9 Å². The van der Waals surface area contributed by atoms with Gasteiger partial charge in [-0.25, -0.2) is 8.42 Å². The number of amides is 2.